The normalized spacial score (nSPS) is 11.3. The van der Waals surface area contributed by atoms with Crippen LogP contribution in [0.3, 0.4) is 0 Å². The predicted octanol–water partition coefficient (Wildman–Crippen LogP) is 12.7. The van der Waals surface area contributed by atoms with Crippen molar-refractivity contribution in [3.05, 3.63) is 190 Å². The molecule has 0 spiro atoms. The van der Waals surface area contributed by atoms with E-state index in [2.05, 4.69) is 89.5 Å². The third-order valence-corrected chi connectivity index (χ3v) is 15.9. The van der Waals surface area contributed by atoms with Crippen molar-refractivity contribution in [2.45, 2.75) is 37.5 Å². The molecule has 0 unspecified atom stereocenters. The van der Waals surface area contributed by atoms with E-state index in [1.807, 2.05) is 72.8 Å². The predicted molar refractivity (Wildman–Crippen MR) is 311 cm³/mol. The molecule has 15 heteroatoms. The standard InChI is InChI=1S/C61H51N5O7S3/c1-5-65(6-2)39-18-27-48-53(32-39)72-54-33-40(66(7-3)8-4)19-28-49(54)57(48)45-11-9-10-12-47(45)59(69)62-36-13-22-43(23-14-36)75-76-44-24-15-37(16-25-44)63-61(74)64-38-17-26-46(52(31-38)60(70)71)58-50-29-20-41(67)34-55(50)73-56-35-42(68)21-30-51(56)58/h9-35H,5-8H2,1-4H3,(H4-,62,63,64,67,68,69,70,71,74). The quantitative estimate of drug-likeness (QED) is 0.0332. The van der Waals surface area contributed by atoms with Gasteiger partial charge >= 0.3 is 0 Å². The van der Waals surface area contributed by atoms with Crippen LogP contribution in [0.25, 0.3) is 66.8 Å². The van der Waals surface area contributed by atoms with Crippen molar-refractivity contribution in [2.24, 2.45) is 0 Å². The van der Waals surface area contributed by atoms with Crippen molar-refractivity contribution < 1.29 is 28.6 Å². The molecular formula is C61H51N5O7S3. The summed E-state index contributed by atoms with van der Waals surface area (Å²) in [4.78, 5) is 43.4. The minimum Gasteiger partial charge on any atom is -0.545 e. The van der Waals surface area contributed by atoms with Crippen LogP contribution >= 0.6 is 33.8 Å². The first-order chi connectivity index (χ1) is 36.9. The lowest BCUT2D eigenvalue weighted by Crippen LogP contribution is -2.29. The van der Waals surface area contributed by atoms with Crippen LogP contribution in [0.1, 0.15) is 48.4 Å². The van der Waals surface area contributed by atoms with Crippen LogP contribution in [0.4, 0.5) is 22.7 Å². The molecule has 0 atom stereocenters. The Kier molecular flexibility index (Phi) is 15.0. The summed E-state index contributed by atoms with van der Waals surface area (Å²) in [6.45, 7) is 12.1. The van der Waals surface area contributed by atoms with Crippen molar-refractivity contribution in [2.75, 3.05) is 47.0 Å². The summed E-state index contributed by atoms with van der Waals surface area (Å²) in [5.74, 6) is -0.680. The smallest absolute Gasteiger partial charge is 0.256 e. The van der Waals surface area contributed by atoms with Gasteiger partial charge in [0.05, 0.1) is 12.0 Å². The Morgan fingerprint density at radius 2 is 1.14 bits per heavy atom. The molecular weight excluding hydrogens is 1010 g/mol. The number of rotatable bonds is 15. The van der Waals surface area contributed by atoms with E-state index in [0.29, 0.717) is 39.0 Å². The van der Waals surface area contributed by atoms with Gasteiger partial charge in [-0.05, 0) is 160 Å². The molecule has 0 fully saturated rings. The van der Waals surface area contributed by atoms with E-state index in [0.717, 1.165) is 86.1 Å². The molecule has 2 heterocycles. The first-order valence-corrected chi connectivity index (χ1v) is 27.4. The lowest BCUT2D eigenvalue weighted by Gasteiger charge is -2.22. The second-order valence-electron chi connectivity index (χ2n) is 17.8. The molecule has 10 rings (SSSR count). The Morgan fingerprint density at radius 1 is 0.592 bits per heavy atom. The molecule has 2 aliphatic heterocycles. The van der Waals surface area contributed by atoms with Gasteiger partial charge in [0.25, 0.3) is 5.91 Å². The van der Waals surface area contributed by atoms with Gasteiger partial charge in [-0.15, -0.1) is 0 Å². The summed E-state index contributed by atoms with van der Waals surface area (Å²) in [6.07, 6.45) is 0. The second-order valence-corrected chi connectivity index (χ2v) is 20.5. The van der Waals surface area contributed by atoms with Crippen molar-refractivity contribution >= 4 is 95.5 Å². The number of carbonyl (C=O) groups excluding carboxylic acids is 2. The minimum absolute atomic E-state index is 0.0446. The number of phenolic OH excluding ortho intramolecular Hbond substituents is 1. The van der Waals surface area contributed by atoms with E-state index in [4.69, 9.17) is 21.1 Å². The molecule has 0 saturated carbocycles. The summed E-state index contributed by atoms with van der Waals surface area (Å²) in [5, 5.41) is 35.0. The molecule has 4 aliphatic rings. The summed E-state index contributed by atoms with van der Waals surface area (Å²) in [6, 6.07) is 49.6. The van der Waals surface area contributed by atoms with Crippen LogP contribution in [0.5, 0.6) is 5.75 Å². The largest absolute Gasteiger partial charge is 0.545 e. The van der Waals surface area contributed by atoms with E-state index in [1.54, 1.807) is 45.9 Å². The van der Waals surface area contributed by atoms with Crippen LogP contribution in [0.15, 0.2) is 187 Å². The number of hydrogen-bond acceptors (Lipinski definition) is 11. The summed E-state index contributed by atoms with van der Waals surface area (Å²) < 4.78 is 14.9. The van der Waals surface area contributed by atoms with Gasteiger partial charge < -0.3 is 44.7 Å². The minimum atomic E-state index is -1.41. The third kappa shape index (κ3) is 10.6. The average Bonchev–Trinajstić information content (AvgIpc) is 3.42. The molecule has 0 radical (unpaired) electrons. The average molecular weight is 1060 g/mol. The molecule has 6 aromatic rings. The van der Waals surface area contributed by atoms with Crippen LogP contribution in [-0.2, 0) is 0 Å². The van der Waals surface area contributed by atoms with Gasteiger partial charge in [0.2, 0.25) is 5.36 Å². The third-order valence-electron chi connectivity index (χ3n) is 13.3. The number of nitrogens with zero attached hydrogens (tertiary/aromatic N) is 2. The number of thiocarbonyl (C=S) groups is 1. The number of amides is 1. The lowest BCUT2D eigenvalue weighted by atomic mass is 9.90. The lowest BCUT2D eigenvalue weighted by molar-refractivity contribution is -0.254. The Morgan fingerprint density at radius 3 is 1.79 bits per heavy atom. The Hall–Kier alpha value is -8.37. The van der Waals surface area contributed by atoms with E-state index in [-0.39, 0.29) is 39.1 Å². The first kappa shape index (κ1) is 51.1. The molecule has 6 aromatic carbocycles. The number of fused-ring (bicyclic) bond motifs is 4. The van der Waals surface area contributed by atoms with Crippen molar-refractivity contribution in [3.8, 4) is 50.7 Å². The molecule has 0 aromatic heterocycles. The molecule has 4 N–H and O–H groups in total. The summed E-state index contributed by atoms with van der Waals surface area (Å²) in [5.41, 5.74) is 8.12. The number of carboxylic acid groups (broad SMARTS) is 1. The maximum Gasteiger partial charge on any atom is 0.256 e. The fraction of sp³-hybridized carbons (Fsp3) is 0.131. The zero-order valence-electron chi connectivity index (χ0n) is 41.9. The van der Waals surface area contributed by atoms with E-state index in [9.17, 15) is 24.6 Å². The maximum absolute atomic E-state index is 14.3. The highest BCUT2D eigenvalue weighted by atomic mass is 33.1. The van der Waals surface area contributed by atoms with Crippen LogP contribution in [0, 0.1) is 0 Å². The number of carboxylic acids is 1. The Bertz CT molecular complexity index is 3920. The highest BCUT2D eigenvalue weighted by Gasteiger charge is 2.24. The van der Waals surface area contributed by atoms with Crippen LogP contribution in [0.2, 0.25) is 0 Å². The number of hydrogen-bond donors (Lipinski definition) is 4. The maximum atomic E-state index is 14.3. The van der Waals surface area contributed by atoms with Gasteiger partial charge in [-0.2, -0.15) is 0 Å². The molecule has 2 aliphatic carbocycles. The second kappa shape index (κ2) is 22.2. The monoisotopic (exact) mass is 1060 g/mol. The van der Waals surface area contributed by atoms with Gasteiger partial charge in [-0.1, -0.05) is 45.9 Å². The number of carbonyl (C=O) groups is 2. The number of aromatic carboxylic acids is 1. The number of benzene rings is 8. The zero-order chi connectivity index (χ0) is 53.0. The molecule has 76 heavy (non-hydrogen) atoms. The van der Waals surface area contributed by atoms with Gasteiger partial charge in [-0.25, -0.2) is 4.58 Å². The highest BCUT2D eigenvalue weighted by Crippen LogP contribution is 2.44. The molecule has 0 bridgehead atoms. The number of aromatic hydroxyl groups is 1. The highest BCUT2D eigenvalue weighted by molar-refractivity contribution is 8.76. The van der Waals surface area contributed by atoms with Crippen LogP contribution < -0.4 is 41.3 Å². The van der Waals surface area contributed by atoms with Gasteiger partial charge in [0, 0.05) is 114 Å². The van der Waals surface area contributed by atoms with Crippen molar-refractivity contribution in [1.82, 2.24) is 4.58 Å². The van der Waals surface area contributed by atoms with Gasteiger partial charge in [0.1, 0.15) is 41.5 Å². The topological polar surface area (TPSA) is 163 Å². The fourth-order valence-corrected chi connectivity index (χ4v) is 11.7. The molecule has 1 amide bonds. The van der Waals surface area contributed by atoms with E-state index in [1.165, 1.54) is 30.3 Å². The molecule has 12 nitrogen and oxygen atoms in total. The van der Waals surface area contributed by atoms with E-state index >= 15 is 0 Å². The SMILES string of the molecule is CCN(CC)c1ccc2c(-c3ccccc3C(=O)Nc3ccc(SSc4ccc(NC(=S)Nc5ccc(-c6c7ccc(=O)cc-7oc7cc(O)ccc67)c(C(=O)[O-])c5)cc4)cc3)c3ccc(=[N+](CC)CC)cc-3oc2c1. The van der Waals surface area contributed by atoms with Gasteiger partial charge in [0.15, 0.2) is 10.5 Å². The zero-order valence-corrected chi connectivity index (χ0v) is 44.4. The molecule has 380 valence electrons. The number of nitrogens with one attached hydrogen (secondary N) is 3. The van der Waals surface area contributed by atoms with Crippen molar-refractivity contribution in [3.63, 3.8) is 0 Å². The number of anilines is 4. The van der Waals surface area contributed by atoms with Gasteiger partial charge in [-0.3, -0.25) is 9.59 Å². The Labute approximate surface area is 451 Å². The fourth-order valence-electron chi connectivity index (χ4n) is 9.56. The summed E-state index contributed by atoms with van der Waals surface area (Å²) in [7, 11) is 3.17. The Balaban J connectivity index is 0.804. The number of phenols is 1. The first-order valence-electron chi connectivity index (χ1n) is 24.8. The van der Waals surface area contributed by atoms with E-state index < -0.39 is 5.97 Å². The van der Waals surface area contributed by atoms with Crippen LogP contribution in [-0.4, -0.2) is 48.3 Å². The van der Waals surface area contributed by atoms with Crippen molar-refractivity contribution in [1.29, 1.82) is 0 Å². The molecule has 0 saturated heterocycles. The summed E-state index contributed by atoms with van der Waals surface area (Å²) >= 11 is 5.62.